The molecule has 1 fully saturated rings. The van der Waals surface area contributed by atoms with Gasteiger partial charge in [-0.3, -0.25) is 0 Å². The maximum Gasteiger partial charge on any atom is 0.340 e. The number of nitrogen functional groups attached to an aromatic ring is 1. The standard InChI is InChI=1S/C12H15FN2O2/c1-12(3-4-12)15-10-5-7(11(16)17-2)9(14)6-8(10)13/h5-6,15H,3-4,14H2,1-2H3. The number of hydrogen-bond donors (Lipinski definition) is 2. The summed E-state index contributed by atoms with van der Waals surface area (Å²) in [4.78, 5) is 11.4. The van der Waals surface area contributed by atoms with Crippen LogP contribution in [0.1, 0.15) is 30.1 Å². The normalized spacial score (nSPS) is 16.4. The third-order valence-electron chi connectivity index (χ3n) is 2.98. The largest absolute Gasteiger partial charge is 0.465 e. The summed E-state index contributed by atoms with van der Waals surface area (Å²) in [5.74, 6) is -1.02. The minimum atomic E-state index is -0.563. The topological polar surface area (TPSA) is 64.3 Å². The predicted octanol–water partition coefficient (Wildman–Crippen LogP) is 2.16. The summed E-state index contributed by atoms with van der Waals surface area (Å²) in [7, 11) is 1.26. The molecule has 0 aromatic heterocycles. The highest BCUT2D eigenvalue weighted by Crippen LogP contribution is 2.39. The third kappa shape index (κ3) is 2.33. The fourth-order valence-corrected chi connectivity index (χ4v) is 1.61. The van der Waals surface area contributed by atoms with Gasteiger partial charge in [0.2, 0.25) is 0 Å². The molecule has 0 bridgehead atoms. The number of halogens is 1. The minimum Gasteiger partial charge on any atom is -0.465 e. The monoisotopic (exact) mass is 238 g/mol. The van der Waals surface area contributed by atoms with Crippen LogP contribution in [0.4, 0.5) is 15.8 Å². The third-order valence-corrected chi connectivity index (χ3v) is 2.98. The Balaban J connectivity index is 2.35. The van der Waals surface area contributed by atoms with E-state index in [0.29, 0.717) is 5.69 Å². The number of nitrogens with one attached hydrogen (secondary N) is 1. The van der Waals surface area contributed by atoms with E-state index in [-0.39, 0.29) is 16.8 Å². The van der Waals surface area contributed by atoms with Crippen molar-refractivity contribution in [3.63, 3.8) is 0 Å². The van der Waals surface area contributed by atoms with Gasteiger partial charge in [-0.15, -0.1) is 0 Å². The summed E-state index contributed by atoms with van der Waals surface area (Å²) < 4.78 is 18.2. The number of carbonyl (C=O) groups excluding carboxylic acids is 1. The number of carbonyl (C=O) groups is 1. The lowest BCUT2D eigenvalue weighted by molar-refractivity contribution is 0.0602. The molecule has 1 aromatic carbocycles. The van der Waals surface area contributed by atoms with Crippen LogP contribution in [0.2, 0.25) is 0 Å². The molecular weight excluding hydrogens is 223 g/mol. The zero-order valence-corrected chi connectivity index (χ0v) is 9.84. The summed E-state index contributed by atoms with van der Waals surface area (Å²) in [5, 5.41) is 3.07. The minimum absolute atomic E-state index is 0.0651. The van der Waals surface area contributed by atoms with Crippen molar-refractivity contribution in [1.29, 1.82) is 0 Å². The Labute approximate surface area is 98.9 Å². The fourth-order valence-electron chi connectivity index (χ4n) is 1.61. The number of methoxy groups -OCH3 is 1. The van der Waals surface area contributed by atoms with E-state index in [1.165, 1.54) is 13.2 Å². The number of anilines is 2. The highest BCUT2D eigenvalue weighted by atomic mass is 19.1. The highest BCUT2D eigenvalue weighted by Gasteiger charge is 2.37. The van der Waals surface area contributed by atoms with Gasteiger partial charge in [0.05, 0.1) is 18.4 Å². The van der Waals surface area contributed by atoms with E-state index in [1.54, 1.807) is 0 Å². The smallest absolute Gasteiger partial charge is 0.340 e. The van der Waals surface area contributed by atoms with Crippen LogP contribution in [0.3, 0.4) is 0 Å². The molecule has 0 saturated heterocycles. The molecule has 0 atom stereocenters. The van der Waals surface area contributed by atoms with Crippen LogP contribution >= 0.6 is 0 Å². The van der Waals surface area contributed by atoms with Crippen LogP contribution in [-0.2, 0) is 4.74 Å². The molecule has 1 aliphatic rings. The molecule has 0 amide bonds. The second-order valence-electron chi connectivity index (χ2n) is 4.60. The van der Waals surface area contributed by atoms with E-state index in [9.17, 15) is 9.18 Å². The molecular formula is C12H15FN2O2. The number of hydrogen-bond acceptors (Lipinski definition) is 4. The first-order chi connectivity index (χ1) is 7.95. The average Bonchev–Trinajstić information content (AvgIpc) is 2.99. The molecule has 4 nitrogen and oxygen atoms in total. The van der Waals surface area contributed by atoms with Crippen LogP contribution in [0.5, 0.6) is 0 Å². The van der Waals surface area contributed by atoms with Crippen molar-refractivity contribution in [1.82, 2.24) is 0 Å². The van der Waals surface area contributed by atoms with Crippen LogP contribution in [-0.4, -0.2) is 18.6 Å². The average molecular weight is 238 g/mol. The lowest BCUT2D eigenvalue weighted by Gasteiger charge is -2.15. The maximum absolute atomic E-state index is 13.7. The lowest BCUT2D eigenvalue weighted by atomic mass is 10.1. The summed E-state index contributed by atoms with van der Waals surface area (Å²) >= 11 is 0. The summed E-state index contributed by atoms with van der Waals surface area (Å²) in [6, 6.07) is 2.54. The van der Waals surface area contributed by atoms with E-state index in [4.69, 9.17) is 5.73 Å². The van der Waals surface area contributed by atoms with Gasteiger partial charge in [0, 0.05) is 11.2 Å². The van der Waals surface area contributed by atoms with E-state index in [0.717, 1.165) is 18.9 Å². The molecule has 0 radical (unpaired) electrons. The molecule has 1 aromatic rings. The van der Waals surface area contributed by atoms with Gasteiger partial charge in [0.15, 0.2) is 0 Å². The van der Waals surface area contributed by atoms with Crippen molar-refractivity contribution in [3.05, 3.63) is 23.5 Å². The van der Waals surface area contributed by atoms with Gasteiger partial charge in [-0.2, -0.15) is 0 Å². The van der Waals surface area contributed by atoms with Gasteiger partial charge < -0.3 is 15.8 Å². The Morgan fingerprint density at radius 3 is 2.71 bits per heavy atom. The number of esters is 1. The fraction of sp³-hybridized carbons (Fsp3) is 0.417. The van der Waals surface area contributed by atoms with Gasteiger partial charge in [-0.1, -0.05) is 0 Å². The predicted molar refractivity (Wildman–Crippen MR) is 63.4 cm³/mol. The van der Waals surface area contributed by atoms with Gasteiger partial charge in [-0.05, 0) is 31.9 Å². The molecule has 0 spiro atoms. The van der Waals surface area contributed by atoms with Crippen molar-refractivity contribution in [3.8, 4) is 0 Å². The number of nitrogens with two attached hydrogens (primary N) is 1. The van der Waals surface area contributed by atoms with Crippen LogP contribution in [0, 0.1) is 5.82 Å². The van der Waals surface area contributed by atoms with Crippen LogP contribution in [0.15, 0.2) is 12.1 Å². The lowest BCUT2D eigenvalue weighted by Crippen LogP contribution is -2.18. The SMILES string of the molecule is COC(=O)c1cc(NC2(C)CC2)c(F)cc1N. The molecule has 1 aliphatic carbocycles. The number of rotatable bonds is 3. The summed E-state index contributed by atoms with van der Waals surface area (Å²) in [5.41, 5.74) is 6.07. The van der Waals surface area contributed by atoms with Gasteiger partial charge in [0.1, 0.15) is 5.82 Å². The summed E-state index contributed by atoms with van der Waals surface area (Å²) in [6.07, 6.45) is 1.98. The quantitative estimate of drug-likeness (QED) is 0.625. The van der Waals surface area contributed by atoms with Gasteiger partial charge in [-0.25, -0.2) is 9.18 Å². The molecule has 92 valence electrons. The Morgan fingerprint density at radius 1 is 1.53 bits per heavy atom. The van der Waals surface area contributed by atoms with Crippen molar-refractivity contribution < 1.29 is 13.9 Å². The zero-order valence-electron chi connectivity index (χ0n) is 9.84. The van der Waals surface area contributed by atoms with E-state index in [1.807, 2.05) is 6.92 Å². The zero-order chi connectivity index (χ0) is 12.6. The second-order valence-corrected chi connectivity index (χ2v) is 4.60. The molecule has 17 heavy (non-hydrogen) atoms. The maximum atomic E-state index is 13.7. The van der Waals surface area contributed by atoms with Crippen molar-refractivity contribution in [2.45, 2.75) is 25.3 Å². The van der Waals surface area contributed by atoms with Crippen molar-refractivity contribution in [2.75, 3.05) is 18.2 Å². The second kappa shape index (κ2) is 3.91. The van der Waals surface area contributed by atoms with E-state index >= 15 is 0 Å². The Kier molecular flexibility index (Phi) is 2.69. The van der Waals surface area contributed by atoms with Crippen molar-refractivity contribution in [2.24, 2.45) is 0 Å². The molecule has 5 heteroatoms. The highest BCUT2D eigenvalue weighted by molar-refractivity contribution is 5.96. The number of ether oxygens (including phenoxy) is 1. The number of benzene rings is 1. The molecule has 0 aliphatic heterocycles. The molecule has 0 unspecified atom stereocenters. The Hall–Kier alpha value is -1.78. The Morgan fingerprint density at radius 2 is 2.18 bits per heavy atom. The molecule has 2 rings (SSSR count). The first-order valence-corrected chi connectivity index (χ1v) is 5.41. The van der Waals surface area contributed by atoms with E-state index < -0.39 is 11.8 Å². The van der Waals surface area contributed by atoms with Gasteiger partial charge >= 0.3 is 5.97 Å². The van der Waals surface area contributed by atoms with Crippen LogP contribution < -0.4 is 11.1 Å². The first kappa shape index (κ1) is 11.7. The first-order valence-electron chi connectivity index (χ1n) is 5.41. The molecule has 3 N–H and O–H groups in total. The van der Waals surface area contributed by atoms with Gasteiger partial charge in [0.25, 0.3) is 0 Å². The van der Waals surface area contributed by atoms with Crippen molar-refractivity contribution >= 4 is 17.3 Å². The van der Waals surface area contributed by atoms with E-state index in [2.05, 4.69) is 10.1 Å². The van der Waals surface area contributed by atoms with Crippen LogP contribution in [0.25, 0.3) is 0 Å². The Bertz CT molecular complexity index is 470. The summed E-state index contributed by atoms with van der Waals surface area (Å²) in [6.45, 7) is 2.00. The molecule has 1 saturated carbocycles. The molecule has 0 heterocycles.